The first-order valence-corrected chi connectivity index (χ1v) is 11.6. The van der Waals surface area contributed by atoms with Crippen LogP contribution < -0.4 is 15.2 Å². The minimum atomic E-state index is -3.77. The number of piperidine rings is 1. The van der Waals surface area contributed by atoms with Gasteiger partial charge in [-0.15, -0.1) is 0 Å². The molecule has 2 aromatic rings. The molecule has 2 aromatic carbocycles. The lowest BCUT2D eigenvalue weighted by Crippen LogP contribution is -2.43. The zero-order valence-corrected chi connectivity index (χ0v) is 18.4. The second kappa shape index (κ2) is 9.49. The van der Waals surface area contributed by atoms with Gasteiger partial charge in [0.2, 0.25) is 15.9 Å². The van der Waals surface area contributed by atoms with Gasteiger partial charge in [-0.05, 0) is 62.6 Å². The van der Waals surface area contributed by atoms with Crippen LogP contribution in [0.1, 0.15) is 24.0 Å². The van der Waals surface area contributed by atoms with Crippen molar-refractivity contribution in [2.24, 2.45) is 11.1 Å². The van der Waals surface area contributed by atoms with Gasteiger partial charge >= 0.3 is 0 Å². The van der Waals surface area contributed by atoms with E-state index in [1.807, 2.05) is 32.0 Å². The van der Waals surface area contributed by atoms with Crippen LogP contribution in [0.5, 0.6) is 5.75 Å². The Kier molecular flexibility index (Phi) is 6.97. The third kappa shape index (κ3) is 6.05. The zero-order valence-electron chi connectivity index (χ0n) is 17.6. The van der Waals surface area contributed by atoms with Gasteiger partial charge in [-0.2, -0.15) is 0 Å². The lowest BCUT2D eigenvalue weighted by molar-refractivity contribution is -0.136. The van der Waals surface area contributed by atoms with E-state index in [2.05, 4.69) is 5.32 Å². The second-order valence-electron chi connectivity index (χ2n) is 7.77. The number of sulfonamides is 1. The van der Waals surface area contributed by atoms with Crippen molar-refractivity contribution in [1.82, 2.24) is 4.90 Å². The summed E-state index contributed by atoms with van der Waals surface area (Å²) in [6.45, 7) is 4.88. The van der Waals surface area contributed by atoms with E-state index in [-0.39, 0.29) is 29.2 Å². The number of benzene rings is 2. The first-order valence-electron chi connectivity index (χ1n) is 10.0. The molecule has 1 heterocycles. The molecule has 3 N–H and O–H groups in total. The molecule has 0 bridgehead atoms. The molecule has 0 spiro atoms. The average molecular weight is 446 g/mol. The van der Waals surface area contributed by atoms with Crippen LogP contribution in [0, 0.1) is 19.8 Å². The number of nitrogens with one attached hydrogen (secondary N) is 1. The molecule has 0 saturated carbocycles. The van der Waals surface area contributed by atoms with Crippen LogP contribution in [-0.2, 0) is 19.6 Å². The van der Waals surface area contributed by atoms with Crippen molar-refractivity contribution in [3.63, 3.8) is 0 Å². The number of carbonyl (C=O) groups excluding carboxylic acids is 2. The SMILES string of the molecule is Cc1ccc(OCC(=O)N2CCC(C(=O)Nc3ccc(S(N)(=O)=O)cc3)CC2)c(C)c1. The maximum atomic E-state index is 12.5. The number of carbonyl (C=O) groups is 2. The number of aryl methyl sites for hydroxylation is 2. The van der Waals surface area contributed by atoms with E-state index in [9.17, 15) is 18.0 Å². The Balaban J connectivity index is 1.47. The van der Waals surface area contributed by atoms with Gasteiger partial charge in [0.05, 0.1) is 4.90 Å². The number of likely N-dealkylation sites (tertiary alicyclic amines) is 1. The highest BCUT2D eigenvalue weighted by Gasteiger charge is 2.27. The predicted octanol–water partition coefficient (Wildman–Crippen LogP) is 2.21. The molecule has 0 unspecified atom stereocenters. The van der Waals surface area contributed by atoms with Crippen LogP contribution in [0.2, 0.25) is 0 Å². The molecule has 166 valence electrons. The highest BCUT2D eigenvalue weighted by atomic mass is 32.2. The zero-order chi connectivity index (χ0) is 22.6. The summed E-state index contributed by atoms with van der Waals surface area (Å²) in [6, 6.07) is 11.5. The van der Waals surface area contributed by atoms with Crippen LogP contribution >= 0.6 is 0 Å². The van der Waals surface area contributed by atoms with Crippen LogP contribution in [-0.4, -0.2) is 44.8 Å². The van der Waals surface area contributed by atoms with Crippen LogP contribution in [0.15, 0.2) is 47.4 Å². The first kappa shape index (κ1) is 22.8. The summed E-state index contributed by atoms with van der Waals surface area (Å²) in [6.07, 6.45) is 1.10. The molecule has 2 amide bonds. The number of primary sulfonamides is 1. The van der Waals surface area contributed by atoms with Gasteiger partial charge in [-0.1, -0.05) is 17.7 Å². The van der Waals surface area contributed by atoms with E-state index in [1.165, 1.54) is 24.3 Å². The Labute approximate surface area is 182 Å². The Morgan fingerprint density at radius 1 is 1.10 bits per heavy atom. The molecule has 0 atom stereocenters. The third-order valence-corrected chi connectivity index (χ3v) is 6.28. The lowest BCUT2D eigenvalue weighted by atomic mass is 9.95. The minimum Gasteiger partial charge on any atom is -0.484 e. The van der Waals surface area contributed by atoms with E-state index >= 15 is 0 Å². The number of rotatable bonds is 6. The molecule has 31 heavy (non-hydrogen) atoms. The monoisotopic (exact) mass is 445 g/mol. The number of nitrogens with zero attached hydrogens (tertiary/aromatic N) is 1. The Hall–Kier alpha value is -2.91. The number of hydrogen-bond donors (Lipinski definition) is 2. The van der Waals surface area contributed by atoms with E-state index in [0.29, 0.717) is 37.4 Å². The molecule has 9 heteroatoms. The summed E-state index contributed by atoms with van der Waals surface area (Å²) in [5.74, 6) is 0.225. The summed E-state index contributed by atoms with van der Waals surface area (Å²) in [5, 5.41) is 7.86. The number of anilines is 1. The topological polar surface area (TPSA) is 119 Å². The molecule has 0 aromatic heterocycles. The molecule has 1 saturated heterocycles. The van der Waals surface area contributed by atoms with Gasteiger partial charge in [-0.25, -0.2) is 13.6 Å². The first-order chi connectivity index (χ1) is 14.6. The van der Waals surface area contributed by atoms with E-state index in [4.69, 9.17) is 9.88 Å². The number of hydrogen-bond acceptors (Lipinski definition) is 5. The molecule has 1 aliphatic rings. The fourth-order valence-electron chi connectivity index (χ4n) is 3.56. The molecular weight excluding hydrogens is 418 g/mol. The molecular formula is C22H27N3O5S. The summed E-state index contributed by atoms with van der Waals surface area (Å²) < 4.78 is 28.3. The van der Waals surface area contributed by atoms with Crippen molar-refractivity contribution in [2.45, 2.75) is 31.6 Å². The summed E-state index contributed by atoms with van der Waals surface area (Å²) in [4.78, 5) is 26.7. The fourth-order valence-corrected chi connectivity index (χ4v) is 4.07. The molecule has 8 nitrogen and oxygen atoms in total. The molecule has 1 fully saturated rings. The maximum Gasteiger partial charge on any atom is 0.260 e. The lowest BCUT2D eigenvalue weighted by Gasteiger charge is -2.31. The van der Waals surface area contributed by atoms with Crippen molar-refractivity contribution in [3.8, 4) is 5.75 Å². The van der Waals surface area contributed by atoms with Crippen LogP contribution in [0.25, 0.3) is 0 Å². The fraction of sp³-hybridized carbons (Fsp3) is 0.364. The summed E-state index contributed by atoms with van der Waals surface area (Å²) >= 11 is 0. The maximum absolute atomic E-state index is 12.5. The van der Waals surface area contributed by atoms with Gasteiger partial charge < -0.3 is 15.0 Å². The minimum absolute atomic E-state index is 0.0135. The highest BCUT2D eigenvalue weighted by molar-refractivity contribution is 7.89. The number of nitrogens with two attached hydrogens (primary N) is 1. The van der Waals surface area contributed by atoms with Crippen molar-refractivity contribution >= 4 is 27.5 Å². The predicted molar refractivity (Wildman–Crippen MR) is 117 cm³/mol. The van der Waals surface area contributed by atoms with Gasteiger partial charge in [0.1, 0.15) is 5.75 Å². The average Bonchev–Trinajstić information content (AvgIpc) is 2.73. The van der Waals surface area contributed by atoms with Gasteiger partial charge in [0, 0.05) is 24.7 Å². The normalized spacial score (nSPS) is 14.9. The highest BCUT2D eigenvalue weighted by Crippen LogP contribution is 2.22. The van der Waals surface area contributed by atoms with Crippen molar-refractivity contribution in [1.29, 1.82) is 0 Å². The smallest absolute Gasteiger partial charge is 0.260 e. The number of amides is 2. The largest absolute Gasteiger partial charge is 0.484 e. The molecule has 1 aliphatic heterocycles. The van der Waals surface area contributed by atoms with Crippen LogP contribution in [0.3, 0.4) is 0 Å². The Morgan fingerprint density at radius 3 is 2.32 bits per heavy atom. The number of ether oxygens (including phenoxy) is 1. The van der Waals surface area contributed by atoms with Crippen molar-refractivity contribution in [3.05, 3.63) is 53.6 Å². The quantitative estimate of drug-likeness (QED) is 0.707. The van der Waals surface area contributed by atoms with E-state index in [1.54, 1.807) is 4.90 Å². The van der Waals surface area contributed by atoms with Crippen LogP contribution in [0.4, 0.5) is 5.69 Å². The van der Waals surface area contributed by atoms with E-state index in [0.717, 1.165) is 11.1 Å². The molecule has 0 aliphatic carbocycles. The standard InChI is InChI=1S/C22H27N3O5S/c1-15-3-8-20(16(2)13-15)30-14-21(26)25-11-9-17(10-12-25)22(27)24-18-4-6-19(7-5-18)31(23,28)29/h3-8,13,17H,9-12,14H2,1-2H3,(H,24,27)(H2,23,28,29). The summed E-state index contributed by atoms with van der Waals surface area (Å²) in [7, 11) is -3.77. The molecule has 0 radical (unpaired) electrons. The van der Waals surface area contributed by atoms with Gasteiger partial charge in [-0.3, -0.25) is 9.59 Å². The van der Waals surface area contributed by atoms with Gasteiger partial charge in [0.25, 0.3) is 5.91 Å². The Morgan fingerprint density at radius 2 is 1.74 bits per heavy atom. The second-order valence-corrected chi connectivity index (χ2v) is 9.33. The van der Waals surface area contributed by atoms with Crippen molar-refractivity contribution in [2.75, 3.05) is 25.0 Å². The third-order valence-electron chi connectivity index (χ3n) is 5.35. The summed E-state index contributed by atoms with van der Waals surface area (Å²) in [5.41, 5.74) is 2.62. The molecule has 3 rings (SSSR count). The van der Waals surface area contributed by atoms with Gasteiger partial charge in [0.15, 0.2) is 6.61 Å². The Bertz CT molecular complexity index is 1060. The van der Waals surface area contributed by atoms with E-state index < -0.39 is 10.0 Å². The van der Waals surface area contributed by atoms with Crippen molar-refractivity contribution < 1.29 is 22.7 Å².